The summed E-state index contributed by atoms with van der Waals surface area (Å²) in [4.78, 5) is 49.0. The van der Waals surface area contributed by atoms with Crippen LogP contribution < -0.4 is 16.6 Å². The Balaban J connectivity index is 1.75. The number of carbonyl (C=O) groups is 3. The lowest BCUT2D eigenvalue weighted by molar-refractivity contribution is -0.119. The molecule has 2 aromatic heterocycles. The van der Waals surface area contributed by atoms with Crippen molar-refractivity contribution in [2.24, 2.45) is 5.73 Å². The summed E-state index contributed by atoms with van der Waals surface area (Å²) in [5, 5.41) is 9.35. The standard InChI is InChI=1S/C22H24N4O5S/c1-2-3-4-7-11-26-21(29)15-9-6-5-8-14(15)18(25-26)22(30)31-13-17(27)24-20-16(19(23)28)10-12-32-20/h5-6,8-10,12H,2-4,7,11,13H2,1H3,(H2,23,28)(H,24,27). The molecule has 0 bridgehead atoms. The number of primary amides is 1. The Labute approximate surface area is 188 Å². The second kappa shape index (κ2) is 10.7. The van der Waals surface area contributed by atoms with Gasteiger partial charge in [0, 0.05) is 11.9 Å². The van der Waals surface area contributed by atoms with E-state index in [0.717, 1.165) is 37.0 Å². The largest absolute Gasteiger partial charge is 0.451 e. The third-order valence-electron chi connectivity index (χ3n) is 4.80. The topological polar surface area (TPSA) is 133 Å². The van der Waals surface area contributed by atoms with Crippen LogP contribution in [0.25, 0.3) is 10.8 Å². The van der Waals surface area contributed by atoms with E-state index >= 15 is 0 Å². The highest BCUT2D eigenvalue weighted by Gasteiger charge is 2.20. The monoisotopic (exact) mass is 456 g/mol. The fourth-order valence-electron chi connectivity index (χ4n) is 3.19. The minimum absolute atomic E-state index is 0.0301. The highest BCUT2D eigenvalue weighted by Crippen LogP contribution is 2.22. The number of anilines is 1. The van der Waals surface area contributed by atoms with Crippen LogP contribution in [0.1, 0.15) is 53.5 Å². The van der Waals surface area contributed by atoms with Crippen LogP contribution in [0.15, 0.2) is 40.5 Å². The maximum atomic E-state index is 12.7. The third kappa shape index (κ3) is 5.38. The fourth-order valence-corrected chi connectivity index (χ4v) is 4.00. The van der Waals surface area contributed by atoms with Crippen molar-refractivity contribution in [2.45, 2.75) is 39.2 Å². The van der Waals surface area contributed by atoms with Crippen molar-refractivity contribution >= 4 is 44.9 Å². The van der Waals surface area contributed by atoms with Crippen LogP contribution in [0.5, 0.6) is 0 Å². The zero-order valence-corrected chi connectivity index (χ0v) is 18.4. The predicted octanol–water partition coefficient (Wildman–Crippen LogP) is 2.93. The Morgan fingerprint density at radius 1 is 1.12 bits per heavy atom. The quantitative estimate of drug-likeness (QED) is 0.356. The molecule has 0 aliphatic carbocycles. The van der Waals surface area contributed by atoms with Gasteiger partial charge < -0.3 is 15.8 Å². The molecule has 3 rings (SSSR count). The van der Waals surface area contributed by atoms with E-state index in [-0.39, 0.29) is 21.8 Å². The molecule has 0 saturated carbocycles. The first-order chi connectivity index (χ1) is 15.4. The van der Waals surface area contributed by atoms with Crippen molar-refractivity contribution in [3.8, 4) is 0 Å². The number of nitrogens with zero attached hydrogens (tertiary/aromatic N) is 2. The lowest BCUT2D eigenvalue weighted by Gasteiger charge is -2.11. The number of benzene rings is 1. The Morgan fingerprint density at radius 2 is 1.88 bits per heavy atom. The van der Waals surface area contributed by atoms with Gasteiger partial charge in [0.1, 0.15) is 5.00 Å². The van der Waals surface area contributed by atoms with E-state index in [4.69, 9.17) is 10.5 Å². The molecule has 10 heteroatoms. The lowest BCUT2D eigenvalue weighted by atomic mass is 10.1. The number of carbonyl (C=O) groups excluding carboxylic acids is 3. The number of aromatic nitrogens is 2. The zero-order chi connectivity index (χ0) is 23.1. The van der Waals surface area contributed by atoms with Gasteiger partial charge in [-0.2, -0.15) is 5.10 Å². The molecule has 0 spiro atoms. The van der Waals surface area contributed by atoms with Gasteiger partial charge in [-0.15, -0.1) is 11.3 Å². The molecule has 0 saturated heterocycles. The average Bonchev–Trinajstić information content (AvgIpc) is 3.25. The predicted molar refractivity (Wildman–Crippen MR) is 122 cm³/mol. The number of fused-ring (bicyclic) bond motifs is 1. The van der Waals surface area contributed by atoms with Crippen molar-refractivity contribution in [1.29, 1.82) is 0 Å². The molecule has 2 amide bonds. The summed E-state index contributed by atoms with van der Waals surface area (Å²) in [6.07, 6.45) is 3.83. The maximum absolute atomic E-state index is 12.7. The summed E-state index contributed by atoms with van der Waals surface area (Å²) in [6, 6.07) is 8.15. The molecule has 0 aliphatic heterocycles. The van der Waals surface area contributed by atoms with Crippen LogP contribution in [0.3, 0.4) is 0 Å². The summed E-state index contributed by atoms with van der Waals surface area (Å²) < 4.78 is 6.42. The van der Waals surface area contributed by atoms with E-state index in [1.54, 1.807) is 29.6 Å². The molecule has 9 nitrogen and oxygen atoms in total. The van der Waals surface area contributed by atoms with Crippen LogP contribution in [0, 0.1) is 0 Å². The van der Waals surface area contributed by atoms with E-state index in [0.29, 0.717) is 17.3 Å². The number of hydrogen-bond donors (Lipinski definition) is 2. The van der Waals surface area contributed by atoms with E-state index in [1.165, 1.54) is 10.7 Å². The highest BCUT2D eigenvalue weighted by molar-refractivity contribution is 7.14. The normalized spacial score (nSPS) is 10.8. The Morgan fingerprint density at radius 3 is 2.59 bits per heavy atom. The van der Waals surface area contributed by atoms with Gasteiger partial charge in [-0.25, -0.2) is 9.48 Å². The van der Waals surface area contributed by atoms with E-state index in [1.807, 2.05) is 0 Å². The number of unbranched alkanes of at least 4 members (excludes halogenated alkanes) is 3. The number of nitrogens with one attached hydrogen (secondary N) is 1. The molecule has 1 aromatic carbocycles. The van der Waals surface area contributed by atoms with Gasteiger partial charge in [0.25, 0.3) is 17.4 Å². The second-order valence-electron chi connectivity index (χ2n) is 7.14. The van der Waals surface area contributed by atoms with Crippen LogP contribution in [-0.4, -0.2) is 34.2 Å². The molecule has 168 valence electrons. The van der Waals surface area contributed by atoms with Gasteiger partial charge in [0.2, 0.25) is 0 Å². The molecule has 2 heterocycles. The number of amides is 2. The van der Waals surface area contributed by atoms with E-state index < -0.39 is 24.4 Å². The van der Waals surface area contributed by atoms with Crippen LogP contribution in [0.4, 0.5) is 5.00 Å². The SMILES string of the molecule is CCCCCCn1nc(C(=O)OCC(=O)Nc2sccc2C(N)=O)c2ccccc2c1=O. The van der Waals surface area contributed by atoms with Crippen LogP contribution in [0.2, 0.25) is 0 Å². The minimum Gasteiger partial charge on any atom is -0.451 e. The molecule has 0 atom stereocenters. The molecule has 0 radical (unpaired) electrons. The number of thiophene rings is 1. The molecule has 0 aliphatic rings. The van der Waals surface area contributed by atoms with Gasteiger partial charge in [-0.05, 0) is 23.9 Å². The smallest absolute Gasteiger partial charge is 0.359 e. The van der Waals surface area contributed by atoms with E-state index in [9.17, 15) is 19.2 Å². The molecule has 32 heavy (non-hydrogen) atoms. The van der Waals surface area contributed by atoms with Crippen LogP contribution in [-0.2, 0) is 16.1 Å². The Kier molecular flexibility index (Phi) is 7.72. The molecule has 0 fully saturated rings. The Hall–Kier alpha value is -3.53. The molecule has 0 unspecified atom stereocenters. The first-order valence-corrected chi connectivity index (χ1v) is 11.1. The van der Waals surface area contributed by atoms with Gasteiger partial charge in [0.15, 0.2) is 12.3 Å². The average molecular weight is 457 g/mol. The summed E-state index contributed by atoms with van der Waals surface area (Å²) in [5.74, 6) is -2.11. The van der Waals surface area contributed by atoms with Crippen molar-refractivity contribution < 1.29 is 19.1 Å². The van der Waals surface area contributed by atoms with Crippen molar-refractivity contribution in [3.63, 3.8) is 0 Å². The van der Waals surface area contributed by atoms with Gasteiger partial charge in [-0.1, -0.05) is 44.4 Å². The number of hydrogen-bond acceptors (Lipinski definition) is 7. The maximum Gasteiger partial charge on any atom is 0.359 e. The number of ether oxygens (including phenoxy) is 1. The van der Waals surface area contributed by atoms with Crippen molar-refractivity contribution in [2.75, 3.05) is 11.9 Å². The number of esters is 1. The summed E-state index contributed by atoms with van der Waals surface area (Å²) >= 11 is 1.13. The third-order valence-corrected chi connectivity index (χ3v) is 5.63. The van der Waals surface area contributed by atoms with Crippen LogP contribution >= 0.6 is 11.3 Å². The minimum atomic E-state index is -0.819. The number of nitrogens with two attached hydrogens (primary N) is 1. The van der Waals surface area contributed by atoms with Crippen molar-refractivity contribution in [3.05, 3.63) is 57.3 Å². The van der Waals surface area contributed by atoms with Gasteiger partial charge in [0.05, 0.1) is 10.9 Å². The molecular weight excluding hydrogens is 432 g/mol. The molecule has 3 N–H and O–H groups in total. The van der Waals surface area contributed by atoms with E-state index in [2.05, 4.69) is 17.3 Å². The van der Waals surface area contributed by atoms with Gasteiger partial charge >= 0.3 is 5.97 Å². The zero-order valence-electron chi connectivity index (χ0n) is 17.6. The highest BCUT2D eigenvalue weighted by atomic mass is 32.1. The molecular formula is C22H24N4O5S. The lowest BCUT2D eigenvalue weighted by Crippen LogP contribution is -2.28. The fraction of sp³-hybridized carbons (Fsp3) is 0.318. The first-order valence-electron chi connectivity index (χ1n) is 10.3. The summed E-state index contributed by atoms with van der Waals surface area (Å²) in [7, 11) is 0. The molecule has 3 aromatic rings. The van der Waals surface area contributed by atoms with Gasteiger partial charge in [-0.3, -0.25) is 14.4 Å². The Bertz CT molecular complexity index is 1200. The number of aryl methyl sites for hydroxylation is 1. The summed E-state index contributed by atoms with van der Waals surface area (Å²) in [5.41, 5.74) is 5.13. The summed E-state index contributed by atoms with van der Waals surface area (Å²) in [6.45, 7) is 1.90. The second-order valence-corrected chi connectivity index (χ2v) is 8.05. The first kappa shape index (κ1) is 23.1. The number of rotatable bonds is 10. The van der Waals surface area contributed by atoms with Crippen molar-refractivity contribution in [1.82, 2.24) is 9.78 Å².